The summed E-state index contributed by atoms with van der Waals surface area (Å²) in [6, 6.07) is 19.4. The molecule has 0 aliphatic carbocycles. The lowest BCUT2D eigenvalue weighted by Gasteiger charge is -2.49. The minimum atomic E-state index is -2.73. The van der Waals surface area contributed by atoms with Crippen LogP contribution in [0.15, 0.2) is 72.8 Å². The molecule has 1 aliphatic rings. The molecule has 3 nitrogen and oxygen atoms in total. The van der Waals surface area contributed by atoms with Gasteiger partial charge in [0.2, 0.25) is 0 Å². The Balaban J connectivity index is 1.93. The summed E-state index contributed by atoms with van der Waals surface area (Å²) in [4.78, 5) is 12.4. The maximum atomic E-state index is 15.3. The fourth-order valence-corrected chi connectivity index (χ4v) is 4.76. The van der Waals surface area contributed by atoms with E-state index >= 15 is 8.78 Å². The van der Waals surface area contributed by atoms with E-state index < -0.39 is 12.0 Å². The minimum Gasteiger partial charge on any atom is -0.508 e. The molecule has 0 aromatic heterocycles. The Morgan fingerprint density at radius 1 is 1.00 bits per heavy atom. The van der Waals surface area contributed by atoms with Crippen molar-refractivity contribution in [3.05, 3.63) is 101 Å². The Morgan fingerprint density at radius 2 is 1.70 bits per heavy atom. The van der Waals surface area contributed by atoms with Crippen LogP contribution in [0, 0.1) is 0 Å². The Labute approximate surface area is 193 Å². The summed E-state index contributed by atoms with van der Waals surface area (Å²) in [6.45, 7) is 4.58. The topological polar surface area (TPSA) is 40.5 Å². The Kier molecular flexibility index (Phi) is 6.32. The fraction of sp³-hybridized carbons (Fsp3) is 0.250. The van der Waals surface area contributed by atoms with E-state index in [9.17, 15) is 9.90 Å². The van der Waals surface area contributed by atoms with Gasteiger partial charge in [-0.2, -0.15) is 0 Å². The molecule has 0 radical (unpaired) electrons. The number of carbonyl (C=O) groups is 1. The molecule has 1 aliphatic heterocycles. The maximum Gasteiger partial charge on any atom is 0.269 e. The van der Waals surface area contributed by atoms with E-state index in [2.05, 4.69) is 13.8 Å². The van der Waals surface area contributed by atoms with Crippen LogP contribution in [0.1, 0.15) is 47.6 Å². The van der Waals surface area contributed by atoms with Crippen molar-refractivity contribution in [1.29, 1.82) is 0 Å². The van der Waals surface area contributed by atoms with E-state index in [1.807, 2.05) is 24.3 Å². The highest BCUT2D eigenvalue weighted by Gasteiger charge is 2.51. The largest absolute Gasteiger partial charge is 0.508 e. The molecule has 0 saturated heterocycles. The van der Waals surface area contributed by atoms with Gasteiger partial charge in [0.05, 0.1) is 0 Å². The number of phenolic OH excluding ortho intramolecular Hbond substituents is 1. The number of alkyl halides is 2. The third-order valence-corrected chi connectivity index (χ3v) is 6.44. The third-order valence-electron chi connectivity index (χ3n) is 6.44. The number of allylic oxidation sites excluding steroid dienone is 1. The second kappa shape index (κ2) is 9.18. The number of aldehydes is 1. The van der Waals surface area contributed by atoms with Crippen molar-refractivity contribution < 1.29 is 18.7 Å². The summed E-state index contributed by atoms with van der Waals surface area (Å²) >= 11 is 0. The van der Waals surface area contributed by atoms with Crippen LogP contribution in [-0.2, 0) is 16.8 Å². The van der Waals surface area contributed by atoms with Crippen LogP contribution < -0.4 is 4.90 Å². The van der Waals surface area contributed by atoms with Gasteiger partial charge in [-0.1, -0.05) is 62.4 Å². The molecule has 0 bridgehead atoms. The normalized spacial score (nSPS) is 18.2. The molecular formula is C28H27F2NO2. The molecule has 1 unspecified atom stereocenters. The molecule has 1 heterocycles. The van der Waals surface area contributed by atoms with Crippen LogP contribution in [0.5, 0.6) is 5.75 Å². The van der Waals surface area contributed by atoms with Crippen LogP contribution >= 0.6 is 0 Å². The average molecular weight is 448 g/mol. The molecule has 3 aromatic carbocycles. The quantitative estimate of drug-likeness (QED) is 0.356. The van der Waals surface area contributed by atoms with E-state index in [1.54, 1.807) is 47.4 Å². The average Bonchev–Trinajstić information content (AvgIpc) is 2.82. The number of hydrogen-bond donors (Lipinski definition) is 1. The van der Waals surface area contributed by atoms with Gasteiger partial charge in [-0.05, 0) is 70.5 Å². The van der Waals surface area contributed by atoms with Crippen molar-refractivity contribution in [3.8, 4) is 5.75 Å². The van der Waals surface area contributed by atoms with Crippen molar-refractivity contribution in [2.75, 3.05) is 11.4 Å². The van der Waals surface area contributed by atoms with E-state index in [0.717, 1.165) is 22.4 Å². The van der Waals surface area contributed by atoms with E-state index in [1.165, 1.54) is 12.1 Å². The summed E-state index contributed by atoms with van der Waals surface area (Å²) < 4.78 is 30.6. The van der Waals surface area contributed by atoms with Gasteiger partial charge in [0.1, 0.15) is 12.0 Å². The van der Waals surface area contributed by atoms with Crippen LogP contribution in [0.2, 0.25) is 0 Å². The number of carbonyl (C=O) groups excluding carboxylic acids is 1. The lowest BCUT2D eigenvalue weighted by Crippen LogP contribution is -2.56. The van der Waals surface area contributed by atoms with Gasteiger partial charge in [0.25, 0.3) is 6.43 Å². The van der Waals surface area contributed by atoms with Crippen LogP contribution in [0.4, 0.5) is 14.5 Å². The van der Waals surface area contributed by atoms with Crippen molar-refractivity contribution in [3.63, 3.8) is 0 Å². The zero-order chi connectivity index (χ0) is 23.6. The summed E-state index contributed by atoms with van der Waals surface area (Å²) in [7, 11) is 0. The number of fused-ring (bicyclic) bond motifs is 1. The van der Waals surface area contributed by atoms with Gasteiger partial charge in [-0.25, -0.2) is 8.78 Å². The molecule has 0 spiro atoms. The number of rotatable bonds is 6. The number of aromatic hydroxyl groups is 1. The van der Waals surface area contributed by atoms with Gasteiger partial charge >= 0.3 is 0 Å². The van der Waals surface area contributed by atoms with Gasteiger partial charge in [0.15, 0.2) is 5.54 Å². The second-order valence-corrected chi connectivity index (χ2v) is 8.67. The minimum absolute atomic E-state index is 0.0704. The number of benzene rings is 3. The molecule has 1 N–H and O–H groups in total. The molecule has 5 heteroatoms. The zero-order valence-corrected chi connectivity index (χ0v) is 18.7. The summed E-state index contributed by atoms with van der Waals surface area (Å²) in [6.07, 6.45) is 1.51. The molecule has 0 amide bonds. The number of anilines is 1. The first-order chi connectivity index (χ1) is 15.9. The predicted molar refractivity (Wildman–Crippen MR) is 128 cm³/mol. The molecule has 0 saturated carbocycles. The molecule has 33 heavy (non-hydrogen) atoms. The molecular weight excluding hydrogens is 420 g/mol. The van der Waals surface area contributed by atoms with E-state index in [-0.39, 0.29) is 5.75 Å². The van der Waals surface area contributed by atoms with Gasteiger partial charge < -0.3 is 10.0 Å². The van der Waals surface area contributed by atoms with Crippen molar-refractivity contribution in [1.82, 2.24) is 0 Å². The third kappa shape index (κ3) is 4.04. The van der Waals surface area contributed by atoms with E-state index in [0.29, 0.717) is 36.3 Å². The highest BCUT2D eigenvalue weighted by Crippen LogP contribution is 2.48. The smallest absolute Gasteiger partial charge is 0.269 e. The number of hydrogen-bond acceptors (Lipinski definition) is 3. The first kappa shape index (κ1) is 22.7. The molecule has 0 fully saturated rings. The Bertz CT molecular complexity index is 1150. The molecule has 170 valence electrons. The zero-order valence-electron chi connectivity index (χ0n) is 18.7. The lowest BCUT2D eigenvalue weighted by molar-refractivity contribution is -0.104. The highest BCUT2D eigenvalue weighted by atomic mass is 19.3. The lowest BCUT2D eigenvalue weighted by atomic mass is 9.75. The van der Waals surface area contributed by atoms with Crippen molar-refractivity contribution in [2.45, 2.75) is 38.2 Å². The van der Waals surface area contributed by atoms with Crippen molar-refractivity contribution in [2.24, 2.45) is 0 Å². The van der Waals surface area contributed by atoms with Crippen LogP contribution in [0.3, 0.4) is 0 Å². The van der Waals surface area contributed by atoms with E-state index in [4.69, 9.17) is 0 Å². The number of phenols is 1. The number of halogens is 2. The van der Waals surface area contributed by atoms with Crippen molar-refractivity contribution >= 4 is 18.0 Å². The van der Waals surface area contributed by atoms with Gasteiger partial charge in [0, 0.05) is 12.2 Å². The first-order valence-electron chi connectivity index (χ1n) is 11.1. The van der Waals surface area contributed by atoms with Crippen LogP contribution in [0.25, 0.3) is 6.08 Å². The predicted octanol–water partition coefficient (Wildman–Crippen LogP) is 6.30. The fourth-order valence-electron chi connectivity index (χ4n) is 4.76. The monoisotopic (exact) mass is 447 g/mol. The first-order valence-corrected chi connectivity index (χ1v) is 11.1. The SMILES string of the molecule is CC(C)c1ccc(N2CCc3cc(O)ccc3C2(c2ccc(/C=C/C=O)cc2)C(F)F)cc1. The van der Waals surface area contributed by atoms with Gasteiger partial charge in [-0.3, -0.25) is 4.79 Å². The molecule has 4 rings (SSSR count). The Hall–Kier alpha value is -3.47. The highest BCUT2D eigenvalue weighted by molar-refractivity contribution is 5.74. The standard InChI is InChI=1S/C28H27F2NO2/c1-19(2)21-7-11-24(12-8-21)31-16-15-22-18-25(33)13-14-26(22)28(31,27(29)30)23-9-5-20(6-10-23)4-3-17-32/h3-14,17-19,27,33H,15-16H2,1-2H3/b4-3+. The summed E-state index contributed by atoms with van der Waals surface area (Å²) in [5.74, 6) is 0.414. The molecule has 1 atom stereocenters. The maximum absolute atomic E-state index is 15.3. The summed E-state index contributed by atoms with van der Waals surface area (Å²) in [5.41, 5.74) is 2.58. The van der Waals surface area contributed by atoms with Gasteiger partial charge in [-0.15, -0.1) is 0 Å². The molecule has 3 aromatic rings. The second-order valence-electron chi connectivity index (χ2n) is 8.67. The van der Waals surface area contributed by atoms with Crippen LogP contribution in [-0.4, -0.2) is 24.4 Å². The summed E-state index contributed by atoms with van der Waals surface area (Å²) in [5, 5.41) is 10.0. The number of nitrogens with zero attached hydrogens (tertiary/aromatic N) is 1. The Morgan fingerprint density at radius 3 is 2.30 bits per heavy atom.